The lowest BCUT2D eigenvalue weighted by molar-refractivity contribution is -0.108. The number of carbonyl (C=O) groups is 1. The number of nitrogens with zero attached hydrogens (tertiary/aromatic N) is 3. The third kappa shape index (κ3) is 1.67. The van der Waals surface area contributed by atoms with Gasteiger partial charge in [-0.1, -0.05) is 0 Å². The summed E-state index contributed by atoms with van der Waals surface area (Å²) in [5, 5.41) is 0. The molecule has 3 unspecified atom stereocenters. The summed E-state index contributed by atoms with van der Waals surface area (Å²) in [4.78, 5) is 19.9. The molecule has 2 fully saturated rings. The number of amides is 1. The van der Waals surface area contributed by atoms with Crippen LogP contribution in [0.1, 0.15) is 6.42 Å². The van der Waals surface area contributed by atoms with Gasteiger partial charge in [0.15, 0.2) is 11.5 Å². The minimum atomic E-state index is 0.224. The van der Waals surface area contributed by atoms with Gasteiger partial charge in [0.25, 0.3) is 0 Å². The summed E-state index contributed by atoms with van der Waals surface area (Å²) < 4.78 is 10.6. The van der Waals surface area contributed by atoms with Crippen LogP contribution in [0.5, 0.6) is 11.5 Å². The van der Waals surface area contributed by atoms with Gasteiger partial charge in [-0.15, -0.1) is 0 Å². The maximum absolute atomic E-state index is 11.5. The second-order valence-corrected chi connectivity index (χ2v) is 5.28. The summed E-state index contributed by atoms with van der Waals surface area (Å²) in [6.07, 6.45) is 3.68. The average Bonchev–Trinajstić information content (AvgIpc) is 3.15. The fraction of sp³-hybridized carbons (Fsp3) is 0.538. The van der Waals surface area contributed by atoms with E-state index in [9.17, 15) is 4.79 Å². The molecule has 0 saturated carbocycles. The van der Waals surface area contributed by atoms with Crippen LogP contribution in [0.3, 0.4) is 0 Å². The lowest BCUT2D eigenvalue weighted by Crippen LogP contribution is -2.43. The minimum absolute atomic E-state index is 0.224. The van der Waals surface area contributed by atoms with Crippen molar-refractivity contribution >= 4 is 12.2 Å². The van der Waals surface area contributed by atoms with E-state index in [0.29, 0.717) is 23.2 Å². The van der Waals surface area contributed by atoms with Crippen LogP contribution >= 0.6 is 0 Å². The number of piperidine rings is 1. The van der Waals surface area contributed by atoms with Crippen molar-refractivity contribution in [2.45, 2.75) is 12.5 Å². The van der Waals surface area contributed by atoms with Gasteiger partial charge in [-0.05, 0) is 18.9 Å². The van der Waals surface area contributed by atoms with Crippen LogP contribution in [0, 0.1) is 5.92 Å². The summed E-state index contributed by atoms with van der Waals surface area (Å²) in [6, 6.07) is 2.03. The molecule has 4 heterocycles. The van der Waals surface area contributed by atoms with Crippen LogP contribution in [0.15, 0.2) is 12.3 Å². The predicted molar refractivity (Wildman–Crippen MR) is 67.2 cm³/mol. The number of rotatable bonds is 3. The van der Waals surface area contributed by atoms with E-state index in [0.717, 1.165) is 26.0 Å². The summed E-state index contributed by atoms with van der Waals surface area (Å²) in [5.74, 6) is 2.53. The molecule has 3 aliphatic heterocycles. The molecule has 4 rings (SSSR count). The highest BCUT2D eigenvalue weighted by Gasteiger charge is 2.41. The van der Waals surface area contributed by atoms with Crippen LogP contribution in [0.2, 0.25) is 0 Å². The van der Waals surface area contributed by atoms with Crippen molar-refractivity contribution in [2.24, 2.45) is 5.92 Å². The highest BCUT2D eigenvalue weighted by atomic mass is 16.7. The highest BCUT2D eigenvalue weighted by Crippen LogP contribution is 2.37. The Bertz CT molecular complexity index is 522. The number of hydrogen-bond donors (Lipinski definition) is 0. The molecule has 1 amide bonds. The first kappa shape index (κ1) is 11.0. The second kappa shape index (κ2) is 4.09. The maximum atomic E-state index is 11.5. The SMILES string of the molecule is O=CN(c1cc2c(cn1)OCO2)C1CN2CCC1C2. The molecule has 6 heteroatoms. The molecule has 0 aromatic carbocycles. The van der Waals surface area contributed by atoms with Crippen molar-refractivity contribution in [3.63, 3.8) is 0 Å². The molecule has 0 N–H and O–H groups in total. The standard InChI is InChI=1S/C13H15N3O3/c17-7-16(10-6-15-2-1-9(10)5-15)13-3-11-12(4-14-13)19-8-18-11/h3-4,7,9-10H,1-2,5-6,8H2. The summed E-state index contributed by atoms with van der Waals surface area (Å²) in [5.41, 5.74) is 0. The van der Waals surface area contributed by atoms with Crippen molar-refractivity contribution in [1.29, 1.82) is 0 Å². The van der Waals surface area contributed by atoms with Crippen molar-refractivity contribution in [3.8, 4) is 11.5 Å². The van der Waals surface area contributed by atoms with Gasteiger partial charge in [0.05, 0.1) is 12.2 Å². The fourth-order valence-corrected chi connectivity index (χ4v) is 3.31. The van der Waals surface area contributed by atoms with E-state index < -0.39 is 0 Å². The van der Waals surface area contributed by atoms with Crippen LogP contribution in [0.4, 0.5) is 5.82 Å². The number of carbonyl (C=O) groups excluding carboxylic acids is 1. The second-order valence-electron chi connectivity index (χ2n) is 5.28. The zero-order valence-corrected chi connectivity index (χ0v) is 10.5. The molecule has 3 atom stereocenters. The Morgan fingerprint density at radius 1 is 1.37 bits per heavy atom. The van der Waals surface area contributed by atoms with Gasteiger partial charge in [0.1, 0.15) is 5.82 Å². The molecule has 0 radical (unpaired) electrons. The molecule has 6 nitrogen and oxygen atoms in total. The maximum Gasteiger partial charge on any atom is 0.231 e. The number of anilines is 1. The highest BCUT2D eigenvalue weighted by molar-refractivity contribution is 5.75. The Morgan fingerprint density at radius 2 is 2.26 bits per heavy atom. The van der Waals surface area contributed by atoms with Crippen LogP contribution in [-0.4, -0.2) is 48.8 Å². The van der Waals surface area contributed by atoms with Crippen LogP contribution in [0.25, 0.3) is 0 Å². The predicted octanol–water partition coefficient (Wildman–Crippen LogP) is 0.477. The average molecular weight is 261 g/mol. The number of pyridine rings is 1. The summed E-state index contributed by atoms with van der Waals surface area (Å²) >= 11 is 0. The van der Waals surface area contributed by atoms with Gasteiger partial charge in [0, 0.05) is 19.2 Å². The fourth-order valence-electron chi connectivity index (χ4n) is 3.31. The molecule has 19 heavy (non-hydrogen) atoms. The Morgan fingerprint density at radius 3 is 3.00 bits per heavy atom. The zero-order valence-electron chi connectivity index (χ0n) is 10.5. The molecule has 2 saturated heterocycles. The Balaban J connectivity index is 1.64. The van der Waals surface area contributed by atoms with Crippen molar-refractivity contribution in [1.82, 2.24) is 9.88 Å². The minimum Gasteiger partial charge on any atom is -0.453 e. The first-order valence-corrected chi connectivity index (χ1v) is 6.57. The molecule has 0 aliphatic carbocycles. The molecule has 2 bridgehead atoms. The molecule has 1 aromatic rings. The van der Waals surface area contributed by atoms with Crippen molar-refractivity contribution in [2.75, 3.05) is 31.3 Å². The van der Waals surface area contributed by atoms with E-state index in [4.69, 9.17) is 9.47 Å². The van der Waals surface area contributed by atoms with E-state index >= 15 is 0 Å². The van der Waals surface area contributed by atoms with Crippen LogP contribution in [-0.2, 0) is 4.79 Å². The first-order valence-electron chi connectivity index (χ1n) is 6.57. The van der Waals surface area contributed by atoms with Crippen LogP contribution < -0.4 is 14.4 Å². The number of aromatic nitrogens is 1. The first-order chi connectivity index (χ1) is 9.35. The van der Waals surface area contributed by atoms with Crippen molar-refractivity contribution in [3.05, 3.63) is 12.3 Å². The monoisotopic (exact) mass is 261 g/mol. The number of fused-ring (bicyclic) bond motifs is 3. The molecule has 3 aliphatic rings. The van der Waals surface area contributed by atoms with Gasteiger partial charge in [-0.25, -0.2) is 4.98 Å². The van der Waals surface area contributed by atoms with E-state index in [1.54, 1.807) is 17.2 Å². The summed E-state index contributed by atoms with van der Waals surface area (Å²) in [7, 11) is 0. The number of ether oxygens (including phenoxy) is 2. The van der Waals surface area contributed by atoms with Gasteiger partial charge < -0.3 is 14.4 Å². The summed E-state index contributed by atoms with van der Waals surface area (Å²) in [6.45, 7) is 3.42. The quantitative estimate of drug-likeness (QED) is 0.741. The molecular formula is C13H15N3O3. The Labute approximate surface area is 110 Å². The van der Waals surface area contributed by atoms with Gasteiger partial charge in [-0.2, -0.15) is 0 Å². The molecule has 100 valence electrons. The molecule has 1 aromatic heterocycles. The van der Waals surface area contributed by atoms with E-state index in [-0.39, 0.29) is 12.8 Å². The lowest BCUT2D eigenvalue weighted by Gasteiger charge is -2.30. The molecular weight excluding hydrogens is 246 g/mol. The van der Waals surface area contributed by atoms with E-state index in [1.807, 2.05) is 0 Å². The van der Waals surface area contributed by atoms with E-state index in [1.165, 1.54) is 6.42 Å². The smallest absolute Gasteiger partial charge is 0.231 e. The zero-order chi connectivity index (χ0) is 12.8. The van der Waals surface area contributed by atoms with Gasteiger partial charge >= 0.3 is 0 Å². The van der Waals surface area contributed by atoms with Gasteiger partial charge in [-0.3, -0.25) is 9.69 Å². The van der Waals surface area contributed by atoms with Gasteiger partial charge in [0.2, 0.25) is 13.2 Å². The third-order valence-electron chi connectivity index (χ3n) is 4.28. The van der Waals surface area contributed by atoms with E-state index in [2.05, 4.69) is 9.88 Å². The Kier molecular flexibility index (Phi) is 2.38. The third-order valence-corrected chi connectivity index (χ3v) is 4.28. The normalized spacial score (nSPS) is 30.6. The lowest BCUT2D eigenvalue weighted by atomic mass is 9.99. The molecule has 0 spiro atoms. The van der Waals surface area contributed by atoms with Crippen molar-refractivity contribution < 1.29 is 14.3 Å². The topological polar surface area (TPSA) is 54.9 Å². The number of hydrogen-bond acceptors (Lipinski definition) is 5. The Hall–Kier alpha value is -1.82. The largest absolute Gasteiger partial charge is 0.453 e.